The minimum absolute atomic E-state index is 0.0152. The van der Waals surface area contributed by atoms with E-state index in [9.17, 15) is 10.1 Å². The Bertz CT molecular complexity index is 447. The molecule has 0 spiro atoms. The first-order valence-electron chi connectivity index (χ1n) is 5.67. The van der Waals surface area contributed by atoms with Crippen molar-refractivity contribution in [1.29, 1.82) is 0 Å². The average molecular weight is 307 g/mol. The Morgan fingerprint density at radius 1 is 1.47 bits per heavy atom. The van der Waals surface area contributed by atoms with Crippen LogP contribution < -0.4 is 5.32 Å². The summed E-state index contributed by atoms with van der Waals surface area (Å²) in [5, 5.41) is 22.4. The average Bonchev–Trinajstić information content (AvgIpc) is 2.32. The Morgan fingerprint density at radius 3 is 2.84 bits per heavy atom. The van der Waals surface area contributed by atoms with Crippen molar-refractivity contribution in [3.63, 3.8) is 0 Å². The summed E-state index contributed by atoms with van der Waals surface area (Å²) in [5.41, 5.74) is 0.0881. The first-order chi connectivity index (χ1) is 9.06. The zero-order valence-electron chi connectivity index (χ0n) is 10.4. The lowest BCUT2D eigenvalue weighted by Crippen LogP contribution is -2.10. The van der Waals surface area contributed by atoms with Gasteiger partial charge in [0.1, 0.15) is 5.69 Å². The molecule has 0 aliphatic heterocycles. The Morgan fingerprint density at radius 2 is 2.21 bits per heavy atom. The molecule has 2 N–H and O–H groups in total. The quantitative estimate of drug-likeness (QED) is 0.327. The van der Waals surface area contributed by atoms with Crippen molar-refractivity contribution in [3.05, 3.63) is 21.1 Å². The molecular weight excluding hydrogens is 292 g/mol. The molecule has 0 saturated carbocycles. The van der Waals surface area contributed by atoms with E-state index in [-0.39, 0.29) is 29.1 Å². The maximum absolute atomic E-state index is 10.9. The predicted octanol–water partition coefficient (Wildman–Crippen LogP) is 1.87. The van der Waals surface area contributed by atoms with Gasteiger partial charge in [-0.3, -0.25) is 10.1 Å². The van der Waals surface area contributed by atoms with E-state index in [1.807, 2.05) is 0 Å². The van der Waals surface area contributed by atoms with Crippen molar-refractivity contribution >= 4 is 34.9 Å². The molecular formula is C10H15ClN4O3S. The Hall–Kier alpha value is -1.12. The number of nitrogens with one attached hydrogen (secondary N) is 1. The summed E-state index contributed by atoms with van der Waals surface area (Å²) < 4.78 is 0. The van der Waals surface area contributed by atoms with Crippen molar-refractivity contribution < 1.29 is 10.0 Å². The predicted molar refractivity (Wildman–Crippen MR) is 76.0 cm³/mol. The van der Waals surface area contributed by atoms with Gasteiger partial charge in [0.15, 0.2) is 0 Å². The highest BCUT2D eigenvalue weighted by Crippen LogP contribution is 2.26. The van der Waals surface area contributed by atoms with Gasteiger partial charge in [-0.15, -0.1) is 0 Å². The summed E-state index contributed by atoms with van der Waals surface area (Å²) in [5.74, 6) is 1.76. The molecule has 0 unspecified atom stereocenters. The van der Waals surface area contributed by atoms with E-state index in [0.717, 1.165) is 17.9 Å². The number of aromatic nitrogens is 2. The van der Waals surface area contributed by atoms with Gasteiger partial charge in [-0.2, -0.15) is 16.7 Å². The maximum Gasteiger partial charge on any atom is 0.332 e. The molecule has 9 heteroatoms. The van der Waals surface area contributed by atoms with Crippen molar-refractivity contribution in [3.8, 4) is 0 Å². The normalized spacial score (nSPS) is 10.5. The molecule has 1 rings (SSSR count). The molecule has 0 bridgehead atoms. The molecule has 0 atom stereocenters. The minimum Gasteiger partial charge on any atom is -0.396 e. The Labute approximate surface area is 119 Å². The number of aliphatic hydroxyl groups is 1. The molecule has 0 fully saturated rings. The minimum atomic E-state index is -0.521. The molecule has 1 heterocycles. The van der Waals surface area contributed by atoms with Crippen molar-refractivity contribution in [2.24, 2.45) is 0 Å². The first-order valence-corrected chi connectivity index (χ1v) is 7.20. The van der Waals surface area contributed by atoms with Crippen LogP contribution in [-0.4, -0.2) is 44.7 Å². The van der Waals surface area contributed by atoms with Crippen LogP contribution in [-0.2, 0) is 0 Å². The second-order valence-electron chi connectivity index (χ2n) is 3.65. The number of aryl methyl sites for hydroxylation is 1. The first kappa shape index (κ1) is 15.9. The number of hydrogen-bond donors (Lipinski definition) is 2. The van der Waals surface area contributed by atoms with Crippen LogP contribution >= 0.6 is 23.4 Å². The Kier molecular flexibility index (Phi) is 6.82. The van der Waals surface area contributed by atoms with Crippen LogP contribution in [0.4, 0.5) is 11.5 Å². The van der Waals surface area contributed by atoms with Crippen LogP contribution in [0.15, 0.2) is 0 Å². The van der Waals surface area contributed by atoms with E-state index >= 15 is 0 Å². The SMILES string of the molecule is Cc1nc(Cl)nc(NCCSCCCO)c1[N+](=O)[O-]. The summed E-state index contributed by atoms with van der Waals surface area (Å²) in [6.45, 7) is 2.23. The second kappa shape index (κ2) is 8.13. The van der Waals surface area contributed by atoms with E-state index < -0.39 is 4.92 Å². The number of nitro groups is 1. The fourth-order valence-corrected chi connectivity index (χ4v) is 2.38. The molecule has 1 aromatic rings. The fourth-order valence-electron chi connectivity index (χ4n) is 1.39. The molecule has 0 radical (unpaired) electrons. The monoisotopic (exact) mass is 306 g/mol. The van der Waals surface area contributed by atoms with Gasteiger partial charge in [-0.05, 0) is 30.7 Å². The van der Waals surface area contributed by atoms with E-state index in [1.54, 1.807) is 11.8 Å². The fraction of sp³-hybridized carbons (Fsp3) is 0.600. The number of nitrogens with zero attached hydrogens (tertiary/aromatic N) is 3. The molecule has 0 aromatic carbocycles. The second-order valence-corrected chi connectivity index (χ2v) is 5.21. The van der Waals surface area contributed by atoms with Gasteiger partial charge in [0, 0.05) is 18.9 Å². The summed E-state index contributed by atoms with van der Waals surface area (Å²) in [6, 6.07) is 0. The van der Waals surface area contributed by atoms with Crippen LogP contribution in [0, 0.1) is 17.0 Å². The van der Waals surface area contributed by atoms with Gasteiger partial charge in [0.25, 0.3) is 0 Å². The van der Waals surface area contributed by atoms with Gasteiger partial charge in [0.05, 0.1) is 4.92 Å². The Balaban J connectivity index is 2.59. The lowest BCUT2D eigenvalue weighted by Gasteiger charge is -2.07. The van der Waals surface area contributed by atoms with Gasteiger partial charge in [-0.25, -0.2) is 4.98 Å². The molecule has 0 aliphatic carbocycles. The van der Waals surface area contributed by atoms with Gasteiger partial charge < -0.3 is 10.4 Å². The van der Waals surface area contributed by atoms with E-state index in [2.05, 4.69) is 15.3 Å². The van der Waals surface area contributed by atoms with Crippen LogP contribution in [0.2, 0.25) is 5.28 Å². The molecule has 0 amide bonds. The molecule has 19 heavy (non-hydrogen) atoms. The van der Waals surface area contributed by atoms with E-state index in [0.29, 0.717) is 6.54 Å². The smallest absolute Gasteiger partial charge is 0.332 e. The lowest BCUT2D eigenvalue weighted by atomic mass is 10.3. The summed E-state index contributed by atoms with van der Waals surface area (Å²) >= 11 is 7.34. The summed E-state index contributed by atoms with van der Waals surface area (Å²) in [6.07, 6.45) is 0.739. The highest BCUT2D eigenvalue weighted by molar-refractivity contribution is 7.99. The third-order valence-corrected chi connectivity index (χ3v) is 3.44. The largest absolute Gasteiger partial charge is 0.396 e. The number of hydrogen-bond acceptors (Lipinski definition) is 7. The van der Waals surface area contributed by atoms with Gasteiger partial charge in [0.2, 0.25) is 11.1 Å². The molecule has 1 aromatic heterocycles. The van der Waals surface area contributed by atoms with Crippen molar-refractivity contribution in [2.75, 3.05) is 30.0 Å². The number of rotatable bonds is 8. The number of anilines is 1. The third kappa shape index (κ3) is 5.17. The number of aliphatic hydroxyl groups excluding tert-OH is 1. The standard InChI is InChI=1S/C10H15ClN4O3S/c1-7-8(15(17)18)9(14-10(11)13-7)12-3-6-19-5-2-4-16/h16H,2-6H2,1H3,(H,12,13,14). The zero-order valence-corrected chi connectivity index (χ0v) is 12.0. The zero-order chi connectivity index (χ0) is 14.3. The van der Waals surface area contributed by atoms with Crippen LogP contribution in [0.1, 0.15) is 12.1 Å². The van der Waals surface area contributed by atoms with Crippen LogP contribution in [0.25, 0.3) is 0 Å². The summed E-state index contributed by atoms with van der Waals surface area (Å²) in [4.78, 5) is 18.0. The highest BCUT2D eigenvalue weighted by Gasteiger charge is 2.21. The van der Waals surface area contributed by atoms with E-state index in [1.165, 1.54) is 6.92 Å². The molecule has 0 saturated heterocycles. The topological polar surface area (TPSA) is 101 Å². The van der Waals surface area contributed by atoms with Gasteiger partial charge >= 0.3 is 5.69 Å². The number of thioether (sulfide) groups is 1. The lowest BCUT2D eigenvalue weighted by molar-refractivity contribution is -0.385. The van der Waals surface area contributed by atoms with Crippen molar-refractivity contribution in [2.45, 2.75) is 13.3 Å². The number of halogens is 1. The van der Waals surface area contributed by atoms with Gasteiger partial charge in [-0.1, -0.05) is 0 Å². The summed E-state index contributed by atoms with van der Waals surface area (Å²) in [7, 11) is 0. The van der Waals surface area contributed by atoms with Crippen LogP contribution in [0.5, 0.6) is 0 Å². The highest BCUT2D eigenvalue weighted by atomic mass is 35.5. The maximum atomic E-state index is 10.9. The molecule has 7 nitrogen and oxygen atoms in total. The van der Waals surface area contributed by atoms with Crippen LogP contribution in [0.3, 0.4) is 0 Å². The molecule has 106 valence electrons. The third-order valence-electron chi connectivity index (χ3n) is 2.20. The van der Waals surface area contributed by atoms with E-state index in [4.69, 9.17) is 16.7 Å². The van der Waals surface area contributed by atoms with Crippen molar-refractivity contribution in [1.82, 2.24) is 9.97 Å². The molecule has 0 aliphatic rings.